The van der Waals surface area contributed by atoms with Crippen LogP contribution in [0.1, 0.15) is 10.4 Å². The van der Waals surface area contributed by atoms with Gasteiger partial charge >= 0.3 is 0 Å². The van der Waals surface area contributed by atoms with Gasteiger partial charge in [-0.3, -0.25) is 14.6 Å². The summed E-state index contributed by atoms with van der Waals surface area (Å²) in [6.07, 6.45) is 3.19. The Morgan fingerprint density at radius 1 is 1.25 bits per heavy atom. The Morgan fingerprint density at radius 3 is 2.50 bits per heavy atom. The van der Waals surface area contributed by atoms with Gasteiger partial charge < -0.3 is 14.5 Å². The van der Waals surface area contributed by atoms with Crippen LogP contribution in [-0.4, -0.2) is 66.5 Å². The van der Waals surface area contributed by atoms with E-state index in [2.05, 4.69) is 20.9 Å². The van der Waals surface area contributed by atoms with Crippen LogP contribution in [0.3, 0.4) is 0 Å². The maximum atomic E-state index is 12.3. The number of halogens is 1. The number of amides is 2. The van der Waals surface area contributed by atoms with Gasteiger partial charge in [-0.25, -0.2) is 0 Å². The van der Waals surface area contributed by atoms with Gasteiger partial charge in [0.15, 0.2) is 0 Å². The van der Waals surface area contributed by atoms with Gasteiger partial charge in [0.1, 0.15) is 6.61 Å². The molecule has 1 aliphatic heterocycles. The molecule has 1 saturated heterocycles. The lowest BCUT2D eigenvalue weighted by Crippen LogP contribution is -2.51. The number of carbonyl (C=O) groups is 2. The number of aromatic nitrogens is 1. The largest absolute Gasteiger partial charge is 0.375 e. The van der Waals surface area contributed by atoms with Crippen LogP contribution < -0.4 is 0 Å². The number of ether oxygens (including phenoxy) is 1. The van der Waals surface area contributed by atoms with Crippen LogP contribution in [0.2, 0.25) is 0 Å². The monoisotopic (exact) mass is 341 g/mol. The van der Waals surface area contributed by atoms with Crippen molar-refractivity contribution in [1.82, 2.24) is 14.8 Å². The zero-order valence-corrected chi connectivity index (χ0v) is 12.8. The molecule has 20 heavy (non-hydrogen) atoms. The normalized spacial score (nSPS) is 15.3. The van der Waals surface area contributed by atoms with E-state index in [-0.39, 0.29) is 18.4 Å². The second-order valence-electron chi connectivity index (χ2n) is 4.50. The molecule has 0 radical (unpaired) electrons. The summed E-state index contributed by atoms with van der Waals surface area (Å²) in [4.78, 5) is 31.4. The molecule has 0 aliphatic carbocycles. The number of hydrogen-bond acceptors (Lipinski definition) is 4. The SMILES string of the molecule is COCC(=O)N1CCN(C(=O)c2cncc(Br)c2)CC1. The first-order chi connectivity index (χ1) is 9.61. The lowest BCUT2D eigenvalue weighted by Gasteiger charge is -2.34. The highest BCUT2D eigenvalue weighted by atomic mass is 79.9. The minimum atomic E-state index is -0.0577. The Balaban J connectivity index is 1.93. The van der Waals surface area contributed by atoms with Gasteiger partial charge in [-0.1, -0.05) is 0 Å². The Bertz CT molecular complexity index is 501. The molecule has 0 N–H and O–H groups in total. The summed E-state index contributed by atoms with van der Waals surface area (Å²) >= 11 is 3.30. The van der Waals surface area contributed by atoms with Crippen molar-refractivity contribution in [3.05, 3.63) is 28.5 Å². The lowest BCUT2D eigenvalue weighted by atomic mass is 10.2. The van der Waals surface area contributed by atoms with E-state index in [1.54, 1.807) is 28.3 Å². The van der Waals surface area contributed by atoms with E-state index in [0.29, 0.717) is 31.7 Å². The smallest absolute Gasteiger partial charge is 0.255 e. The molecule has 1 aliphatic rings. The molecule has 7 heteroatoms. The summed E-state index contributed by atoms with van der Waals surface area (Å²) in [7, 11) is 1.50. The third-order valence-corrected chi connectivity index (χ3v) is 3.57. The number of piperazine rings is 1. The summed E-state index contributed by atoms with van der Waals surface area (Å²) in [5, 5.41) is 0. The van der Waals surface area contributed by atoms with Gasteiger partial charge in [0.05, 0.1) is 5.56 Å². The van der Waals surface area contributed by atoms with Gasteiger partial charge in [0.2, 0.25) is 5.91 Å². The summed E-state index contributed by atoms with van der Waals surface area (Å²) < 4.78 is 5.60. The molecule has 108 valence electrons. The van der Waals surface area contributed by atoms with E-state index >= 15 is 0 Å². The van der Waals surface area contributed by atoms with E-state index in [4.69, 9.17) is 4.74 Å². The highest BCUT2D eigenvalue weighted by Crippen LogP contribution is 2.13. The molecule has 0 aromatic carbocycles. The number of pyridine rings is 1. The molecule has 1 fully saturated rings. The fourth-order valence-electron chi connectivity index (χ4n) is 2.09. The second kappa shape index (κ2) is 6.81. The maximum absolute atomic E-state index is 12.3. The van der Waals surface area contributed by atoms with Gasteiger partial charge in [-0.15, -0.1) is 0 Å². The molecule has 0 spiro atoms. The molecule has 1 aromatic heterocycles. The van der Waals surface area contributed by atoms with Crippen molar-refractivity contribution in [2.24, 2.45) is 0 Å². The number of rotatable bonds is 3. The van der Waals surface area contributed by atoms with Crippen molar-refractivity contribution < 1.29 is 14.3 Å². The Hall–Kier alpha value is -1.47. The minimum absolute atomic E-state index is 0.0382. The highest BCUT2D eigenvalue weighted by molar-refractivity contribution is 9.10. The molecular weight excluding hydrogens is 326 g/mol. The summed E-state index contributed by atoms with van der Waals surface area (Å²) in [6, 6.07) is 1.75. The topological polar surface area (TPSA) is 62.7 Å². The standard InChI is InChI=1S/C13H16BrN3O3/c1-20-9-12(18)16-2-4-17(5-3-16)13(19)10-6-11(14)8-15-7-10/h6-8H,2-5,9H2,1H3. The quantitative estimate of drug-likeness (QED) is 0.814. The average Bonchev–Trinajstić information content (AvgIpc) is 2.47. The zero-order chi connectivity index (χ0) is 14.5. The molecule has 2 amide bonds. The Morgan fingerprint density at radius 2 is 1.90 bits per heavy atom. The molecule has 0 saturated carbocycles. The van der Waals surface area contributed by atoms with Crippen molar-refractivity contribution in [2.75, 3.05) is 39.9 Å². The van der Waals surface area contributed by atoms with E-state index in [1.807, 2.05) is 0 Å². The molecule has 0 bridgehead atoms. The van der Waals surface area contributed by atoms with Gasteiger partial charge in [-0.2, -0.15) is 0 Å². The summed E-state index contributed by atoms with van der Waals surface area (Å²) in [5.41, 5.74) is 0.552. The van der Waals surface area contributed by atoms with Crippen molar-refractivity contribution in [3.8, 4) is 0 Å². The van der Waals surface area contributed by atoms with E-state index in [0.717, 1.165) is 4.47 Å². The predicted molar refractivity (Wildman–Crippen MR) is 76.3 cm³/mol. The van der Waals surface area contributed by atoms with Crippen molar-refractivity contribution in [2.45, 2.75) is 0 Å². The molecule has 1 aromatic rings. The van der Waals surface area contributed by atoms with E-state index in [9.17, 15) is 9.59 Å². The van der Waals surface area contributed by atoms with Crippen LogP contribution in [0.5, 0.6) is 0 Å². The average molecular weight is 342 g/mol. The Labute approximate surface area is 125 Å². The summed E-state index contributed by atoms with van der Waals surface area (Å²) in [6.45, 7) is 2.22. The number of hydrogen-bond donors (Lipinski definition) is 0. The van der Waals surface area contributed by atoms with Gasteiger partial charge in [-0.05, 0) is 22.0 Å². The van der Waals surface area contributed by atoms with E-state index < -0.39 is 0 Å². The molecule has 0 atom stereocenters. The van der Waals surface area contributed by atoms with Crippen LogP contribution in [0.4, 0.5) is 0 Å². The molecule has 2 heterocycles. The zero-order valence-electron chi connectivity index (χ0n) is 11.2. The fraction of sp³-hybridized carbons (Fsp3) is 0.462. The first-order valence-corrected chi connectivity index (χ1v) is 7.07. The van der Waals surface area contributed by atoms with Crippen LogP contribution in [0.15, 0.2) is 22.9 Å². The Kier molecular flexibility index (Phi) is 5.08. The third-order valence-electron chi connectivity index (χ3n) is 3.14. The predicted octanol–water partition coefficient (Wildman–Crippen LogP) is 0.775. The van der Waals surface area contributed by atoms with Crippen molar-refractivity contribution >= 4 is 27.7 Å². The van der Waals surface area contributed by atoms with Crippen LogP contribution in [-0.2, 0) is 9.53 Å². The lowest BCUT2D eigenvalue weighted by molar-refractivity contribution is -0.136. The second-order valence-corrected chi connectivity index (χ2v) is 5.41. The molecular formula is C13H16BrN3O3. The van der Waals surface area contributed by atoms with Gasteiger partial charge in [0.25, 0.3) is 5.91 Å². The van der Waals surface area contributed by atoms with Gasteiger partial charge in [0, 0.05) is 50.2 Å². The van der Waals surface area contributed by atoms with Crippen LogP contribution >= 0.6 is 15.9 Å². The van der Waals surface area contributed by atoms with Crippen molar-refractivity contribution in [1.29, 1.82) is 0 Å². The third kappa shape index (κ3) is 3.55. The summed E-state index contributed by atoms with van der Waals surface area (Å²) in [5.74, 6) is -0.0960. The van der Waals surface area contributed by atoms with Crippen LogP contribution in [0, 0.1) is 0 Å². The van der Waals surface area contributed by atoms with E-state index in [1.165, 1.54) is 7.11 Å². The molecule has 0 unspecified atom stereocenters. The number of methoxy groups -OCH3 is 1. The number of carbonyl (C=O) groups excluding carboxylic acids is 2. The minimum Gasteiger partial charge on any atom is -0.375 e. The first kappa shape index (κ1) is 14.9. The van der Waals surface area contributed by atoms with Crippen molar-refractivity contribution in [3.63, 3.8) is 0 Å². The fourth-order valence-corrected chi connectivity index (χ4v) is 2.45. The number of nitrogens with zero attached hydrogens (tertiary/aromatic N) is 3. The highest BCUT2D eigenvalue weighted by Gasteiger charge is 2.24. The van der Waals surface area contributed by atoms with Crippen LogP contribution in [0.25, 0.3) is 0 Å². The maximum Gasteiger partial charge on any atom is 0.255 e. The molecule has 6 nitrogen and oxygen atoms in total. The molecule has 2 rings (SSSR count). The first-order valence-electron chi connectivity index (χ1n) is 6.28.